The lowest BCUT2D eigenvalue weighted by Crippen LogP contribution is -1.62. The maximum Gasteiger partial charge on any atom is 0.170 e. The second-order valence-corrected chi connectivity index (χ2v) is 3.14. The van der Waals surface area contributed by atoms with Gasteiger partial charge in [-0.15, -0.1) is 0 Å². The molecule has 0 bridgehead atoms. The van der Waals surface area contributed by atoms with Gasteiger partial charge in [0.05, 0.1) is 6.26 Å². The van der Waals surface area contributed by atoms with E-state index < -0.39 is 0 Å². The zero-order chi connectivity index (χ0) is 7.68. The molecule has 2 aromatic heterocycles. The van der Waals surface area contributed by atoms with E-state index in [1.807, 2.05) is 24.3 Å². The molecule has 2 nitrogen and oxygen atoms in total. The Morgan fingerprint density at radius 2 is 2.00 bits per heavy atom. The van der Waals surface area contributed by atoms with Crippen molar-refractivity contribution in [2.75, 3.05) is 0 Å². The predicted octanol–water partition coefficient (Wildman–Crippen LogP) is 3.14. The fourth-order valence-corrected chi connectivity index (χ4v) is 1.28. The maximum atomic E-state index is 5.32. The molecule has 2 heterocycles. The van der Waals surface area contributed by atoms with E-state index in [9.17, 15) is 0 Å². The van der Waals surface area contributed by atoms with Crippen LogP contribution in [0.4, 0.5) is 0 Å². The van der Waals surface area contributed by atoms with Crippen LogP contribution in [0.15, 0.2) is 39.4 Å². The van der Waals surface area contributed by atoms with Crippen molar-refractivity contribution in [2.24, 2.45) is 0 Å². The van der Waals surface area contributed by atoms with Crippen LogP contribution < -0.4 is 0 Å². The Hall–Kier alpha value is -0.710. The molecule has 56 valence electrons. The van der Waals surface area contributed by atoms with Crippen molar-refractivity contribution in [3.8, 4) is 11.5 Å². The number of furan rings is 2. The van der Waals surface area contributed by atoms with Crippen molar-refractivity contribution < 1.29 is 8.83 Å². The van der Waals surface area contributed by atoms with Gasteiger partial charge in [-0.05, 0) is 46.9 Å². The molecule has 3 heteroatoms. The van der Waals surface area contributed by atoms with Gasteiger partial charge in [-0.2, -0.15) is 0 Å². The van der Waals surface area contributed by atoms with Crippen molar-refractivity contribution >= 4 is 22.6 Å². The van der Waals surface area contributed by atoms with Crippen LogP contribution in [-0.4, -0.2) is 0 Å². The molecule has 0 fully saturated rings. The highest BCUT2D eigenvalue weighted by Crippen LogP contribution is 2.22. The van der Waals surface area contributed by atoms with E-state index in [2.05, 4.69) is 22.6 Å². The number of halogens is 1. The Morgan fingerprint density at radius 1 is 1.09 bits per heavy atom. The normalized spacial score (nSPS) is 10.3. The Labute approximate surface area is 77.3 Å². The van der Waals surface area contributed by atoms with Crippen LogP contribution in [0.2, 0.25) is 0 Å². The van der Waals surface area contributed by atoms with Crippen molar-refractivity contribution in [3.05, 3.63) is 34.3 Å². The maximum absolute atomic E-state index is 5.32. The highest BCUT2D eigenvalue weighted by Gasteiger charge is 2.03. The first-order chi connectivity index (χ1) is 5.36. The van der Waals surface area contributed by atoms with Crippen molar-refractivity contribution in [1.29, 1.82) is 0 Å². The van der Waals surface area contributed by atoms with Gasteiger partial charge >= 0.3 is 0 Å². The molecule has 0 aliphatic carbocycles. The Morgan fingerprint density at radius 3 is 2.55 bits per heavy atom. The van der Waals surface area contributed by atoms with Gasteiger partial charge in [0, 0.05) is 0 Å². The van der Waals surface area contributed by atoms with Crippen molar-refractivity contribution in [2.45, 2.75) is 0 Å². The minimum atomic E-state index is 0.771. The number of hydrogen-bond donors (Lipinski definition) is 0. The molecule has 0 aliphatic rings. The molecule has 2 rings (SSSR count). The molecule has 0 aliphatic heterocycles. The van der Waals surface area contributed by atoms with Gasteiger partial charge in [0.25, 0.3) is 0 Å². The smallest absolute Gasteiger partial charge is 0.170 e. The first-order valence-electron chi connectivity index (χ1n) is 3.15. The molecule has 0 unspecified atom stereocenters. The molecule has 0 radical (unpaired) electrons. The first kappa shape index (κ1) is 6.97. The third kappa shape index (κ3) is 1.33. The van der Waals surface area contributed by atoms with Crippen LogP contribution >= 0.6 is 22.6 Å². The van der Waals surface area contributed by atoms with Gasteiger partial charge in [0.1, 0.15) is 0 Å². The monoisotopic (exact) mass is 260 g/mol. The standard InChI is InChI=1S/C8H5IO2/c9-8-4-3-7(11-8)6-2-1-5-10-6/h1-5H. The number of hydrogen-bond acceptors (Lipinski definition) is 2. The average molecular weight is 260 g/mol. The van der Waals surface area contributed by atoms with Crippen molar-refractivity contribution in [1.82, 2.24) is 0 Å². The Kier molecular flexibility index (Phi) is 1.73. The van der Waals surface area contributed by atoms with Gasteiger partial charge in [0.2, 0.25) is 0 Å². The summed E-state index contributed by atoms with van der Waals surface area (Å²) in [6.07, 6.45) is 1.63. The van der Waals surface area contributed by atoms with E-state index in [0.717, 1.165) is 15.3 Å². The summed E-state index contributed by atoms with van der Waals surface area (Å²) in [5, 5.41) is 0. The lowest BCUT2D eigenvalue weighted by atomic mass is 10.3. The lowest BCUT2D eigenvalue weighted by molar-refractivity contribution is 0.509. The van der Waals surface area contributed by atoms with E-state index >= 15 is 0 Å². The van der Waals surface area contributed by atoms with E-state index in [0.29, 0.717) is 0 Å². The molecule has 0 saturated carbocycles. The third-order valence-electron chi connectivity index (χ3n) is 1.34. The molecule has 0 N–H and O–H groups in total. The molecule has 0 aromatic carbocycles. The quantitative estimate of drug-likeness (QED) is 0.736. The van der Waals surface area contributed by atoms with E-state index in [-0.39, 0.29) is 0 Å². The SMILES string of the molecule is Ic1ccc(-c2ccco2)o1. The summed E-state index contributed by atoms with van der Waals surface area (Å²) in [7, 11) is 0. The zero-order valence-corrected chi connectivity index (χ0v) is 7.74. The molecule has 0 saturated heterocycles. The highest BCUT2D eigenvalue weighted by atomic mass is 127. The first-order valence-corrected chi connectivity index (χ1v) is 4.23. The summed E-state index contributed by atoms with van der Waals surface area (Å²) in [6.45, 7) is 0. The number of rotatable bonds is 1. The van der Waals surface area contributed by atoms with Crippen molar-refractivity contribution in [3.63, 3.8) is 0 Å². The van der Waals surface area contributed by atoms with Gasteiger partial charge in [-0.25, -0.2) is 0 Å². The molecule has 11 heavy (non-hydrogen) atoms. The van der Waals surface area contributed by atoms with Crippen LogP contribution in [0, 0.1) is 3.77 Å². The van der Waals surface area contributed by atoms with E-state index in [1.54, 1.807) is 6.26 Å². The molecular formula is C8H5IO2. The molecule has 0 atom stereocenters. The van der Waals surface area contributed by atoms with Gasteiger partial charge in [-0.3, -0.25) is 0 Å². The Balaban J connectivity index is 2.45. The second-order valence-electron chi connectivity index (χ2n) is 2.08. The summed E-state index contributed by atoms with van der Waals surface area (Å²) < 4.78 is 11.3. The molecule has 0 spiro atoms. The summed E-state index contributed by atoms with van der Waals surface area (Å²) in [6, 6.07) is 7.50. The van der Waals surface area contributed by atoms with E-state index in [1.165, 1.54) is 0 Å². The predicted molar refractivity (Wildman–Crippen MR) is 49.1 cm³/mol. The summed E-state index contributed by atoms with van der Waals surface area (Å²) in [5.41, 5.74) is 0. The fourth-order valence-electron chi connectivity index (χ4n) is 0.865. The average Bonchev–Trinajstić information content (AvgIpc) is 2.55. The minimum Gasteiger partial charge on any atom is -0.461 e. The Bertz CT molecular complexity index is 335. The zero-order valence-electron chi connectivity index (χ0n) is 5.58. The largest absolute Gasteiger partial charge is 0.461 e. The van der Waals surface area contributed by atoms with E-state index in [4.69, 9.17) is 8.83 Å². The summed E-state index contributed by atoms with van der Waals surface area (Å²) in [5.74, 6) is 1.55. The van der Waals surface area contributed by atoms with Gasteiger partial charge < -0.3 is 8.83 Å². The lowest BCUT2D eigenvalue weighted by Gasteiger charge is -1.86. The van der Waals surface area contributed by atoms with Crippen LogP contribution in [0.25, 0.3) is 11.5 Å². The summed E-state index contributed by atoms with van der Waals surface area (Å²) in [4.78, 5) is 0. The highest BCUT2D eigenvalue weighted by molar-refractivity contribution is 14.1. The topological polar surface area (TPSA) is 26.3 Å². The second kappa shape index (κ2) is 2.73. The van der Waals surface area contributed by atoms with Crippen LogP contribution in [0.5, 0.6) is 0 Å². The third-order valence-corrected chi connectivity index (χ3v) is 1.92. The molecule has 0 amide bonds. The minimum absolute atomic E-state index is 0.771. The van der Waals surface area contributed by atoms with Gasteiger partial charge in [0.15, 0.2) is 15.3 Å². The molecule has 2 aromatic rings. The van der Waals surface area contributed by atoms with Gasteiger partial charge in [-0.1, -0.05) is 0 Å². The molecular weight excluding hydrogens is 255 g/mol. The van der Waals surface area contributed by atoms with Crippen LogP contribution in [0.1, 0.15) is 0 Å². The fraction of sp³-hybridized carbons (Fsp3) is 0. The summed E-state index contributed by atoms with van der Waals surface area (Å²) >= 11 is 2.12. The van der Waals surface area contributed by atoms with Crippen LogP contribution in [-0.2, 0) is 0 Å². The van der Waals surface area contributed by atoms with Crippen LogP contribution in [0.3, 0.4) is 0 Å².